The average Bonchev–Trinajstić information content (AvgIpc) is 2.60. The van der Waals surface area contributed by atoms with E-state index in [4.69, 9.17) is 5.11 Å². The number of carboxylic acids is 1. The van der Waals surface area contributed by atoms with Gasteiger partial charge in [-0.1, -0.05) is 6.07 Å². The Morgan fingerprint density at radius 2 is 2.12 bits per heavy atom. The highest BCUT2D eigenvalue weighted by Gasteiger charge is 2.17. The van der Waals surface area contributed by atoms with Crippen molar-refractivity contribution >= 4 is 18.4 Å². The first kappa shape index (κ1) is 13.2. The van der Waals surface area contributed by atoms with E-state index in [1.54, 1.807) is 13.1 Å². The van der Waals surface area contributed by atoms with Gasteiger partial charge in [0, 0.05) is 12.7 Å². The summed E-state index contributed by atoms with van der Waals surface area (Å²) < 4.78 is 1.34. The number of hydrogen-bond acceptors (Lipinski definition) is 3. The second-order valence-electron chi connectivity index (χ2n) is 3.50. The monoisotopic (exact) mass is 253 g/mol. The minimum absolute atomic E-state index is 0. The molecule has 17 heavy (non-hydrogen) atoms. The molecule has 0 spiro atoms. The van der Waals surface area contributed by atoms with E-state index in [1.165, 1.54) is 10.9 Å². The molecule has 2 aromatic rings. The third kappa shape index (κ3) is 2.45. The molecule has 1 N–H and O–H groups in total. The van der Waals surface area contributed by atoms with Gasteiger partial charge in [0.15, 0.2) is 5.69 Å². The summed E-state index contributed by atoms with van der Waals surface area (Å²) in [4.78, 5) is 15.4. The summed E-state index contributed by atoms with van der Waals surface area (Å²) >= 11 is 0. The molecule has 0 aliphatic heterocycles. The number of carboxylic acid groups (broad SMARTS) is 1. The van der Waals surface area contributed by atoms with Gasteiger partial charge in [0.2, 0.25) is 0 Å². The Bertz CT molecular complexity index is 551. The molecule has 0 bridgehead atoms. The zero-order valence-electron chi connectivity index (χ0n) is 9.41. The Balaban J connectivity index is 0.00000144. The average molecular weight is 254 g/mol. The van der Waals surface area contributed by atoms with Crippen LogP contribution in [0.4, 0.5) is 0 Å². The highest BCUT2D eigenvalue weighted by molar-refractivity contribution is 5.93. The maximum Gasteiger partial charge on any atom is 0.354 e. The first-order valence-corrected chi connectivity index (χ1v) is 4.79. The third-order valence-electron chi connectivity index (χ3n) is 2.31. The fourth-order valence-electron chi connectivity index (χ4n) is 1.57. The molecule has 6 heteroatoms. The molecule has 0 atom stereocenters. The molecule has 90 valence electrons. The van der Waals surface area contributed by atoms with Gasteiger partial charge in [-0.15, -0.1) is 12.4 Å². The number of aromatic nitrogens is 3. The van der Waals surface area contributed by atoms with Crippen LogP contribution in [-0.4, -0.2) is 25.8 Å². The molecule has 0 saturated heterocycles. The van der Waals surface area contributed by atoms with E-state index in [0.717, 1.165) is 5.69 Å². The van der Waals surface area contributed by atoms with Crippen LogP contribution in [0.15, 0.2) is 24.4 Å². The van der Waals surface area contributed by atoms with Gasteiger partial charge in [0.1, 0.15) is 0 Å². The number of nitrogens with zero attached hydrogens (tertiary/aromatic N) is 3. The second kappa shape index (κ2) is 4.97. The van der Waals surface area contributed by atoms with E-state index in [9.17, 15) is 4.79 Å². The molecule has 0 aliphatic rings. The van der Waals surface area contributed by atoms with Crippen LogP contribution < -0.4 is 0 Å². The Hall–Kier alpha value is -1.88. The van der Waals surface area contributed by atoms with Crippen LogP contribution in [0, 0.1) is 6.92 Å². The first-order valence-electron chi connectivity index (χ1n) is 4.79. The van der Waals surface area contributed by atoms with Crippen LogP contribution in [0.2, 0.25) is 0 Å². The number of halogens is 1. The zero-order chi connectivity index (χ0) is 11.7. The van der Waals surface area contributed by atoms with Crippen molar-refractivity contribution in [3.63, 3.8) is 0 Å². The van der Waals surface area contributed by atoms with Crippen molar-refractivity contribution in [1.29, 1.82) is 0 Å². The van der Waals surface area contributed by atoms with E-state index in [-0.39, 0.29) is 18.1 Å². The summed E-state index contributed by atoms with van der Waals surface area (Å²) in [5.74, 6) is -1.00. The van der Waals surface area contributed by atoms with Crippen molar-refractivity contribution in [2.75, 3.05) is 0 Å². The lowest BCUT2D eigenvalue weighted by molar-refractivity contribution is 0.0686. The molecule has 2 aromatic heterocycles. The molecule has 0 aromatic carbocycles. The van der Waals surface area contributed by atoms with Crippen LogP contribution in [0.1, 0.15) is 16.2 Å². The number of hydrogen-bond donors (Lipinski definition) is 1. The molecule has 0 radical (unpaired) electrons. The number of rotatable bonds is 2. The summed E-state index contributed by atoms with van der Waals surface area (Å²) in [6.45, 7) is 1.86. The summed E-state index contributed by atoms with van der Waals surface area (Å²) in [7, 11) is 1.60. The summed E-state index contributed by atoms with van der Waals surface area (Å²) in [5, 5.41) is 13.0. The lowest BCUT2D eigenvalue weighted by Gasteiger charge is -2.01. The highest BCUT2D eigenvalue weighted by Crippen LogP contribution is 2.21. The molecule has 2 rings (SSSR count). The largest absolute Gasteiger partial charge is 0.477 e. The molecular weight excluding hydrogens is 242 g/mol. The Kier molecular flexibility index (Phi) is 3.85. The van der Waals surface area contributed by atoms with Crippen molar-refractivity contribution in [2.24, 2.45) is 7.05 Å². The SMILES string of the molecule is Cc1cccc(-c2cnn(C)c2C(=O)O)n1.Cl. The van der Waals surface area contributed by atoms with E-state index < -0.39 is 5.97 Å². The van der Waals surface area contributed by atoms with Crippen molar-refractivity contribution in [3.05, 3.63) is 35.8 Å². The maximum absolute atomic E-state index is 11.1. The van der Waals surface area contributed by atoms with Gasteiger partial charge >= 0.3 is 5.97 Å². The molecule has 2 heterocycles. The third-order valence-corrected chi connectivity index (χ3v) is 2.31. The molecule has 0 fully saturated rings. The predicted molar refractivity (Wildman–Crippen MR) is 65.4 cm³/mol. The van der Waals surface area contributed by atoms with Gasteiger partial charge in [0.05, 0.1) is 17.5 Å². The van der Waals surface area contributed by atoms with Gasteiger partial charge in [-0.2, -0.15) is 5.10 Å². The van der Waals surface area contributed by atoms with Gasteiger partial charge in [-0.3, -0.25) is 9.67 Å². The van der Waals surface area contributed by atoms with Crippen LogP contribution in [-0.2, 0) is 7.05 Å². The molecular formula is C11H12ClN3O2. The van der Waals surface area contributed by atoms with Crippen molar-refractivity contribution in [2.45, 2.75) is 6.92 Å². The quantitative estimate of drug-likeness (QED) is 0.888. The van der Waals surface area contributed by atoms with Gasteiger partial charge in [-0.25, -0.2) is 4.79 Å². The first-order chi connectivity index (χ1) is 7.59. The second-order valence-corrected chi connectivity index (χ2v) is 3.50. The summed E-state index contributed by atoms with van der Waals surface area (Å²) in [6, 6.07) is 5.48. The van der Waals surface area contributed by atoms with E-state index >= 15 is 0 Å². The van der Waals surface area contributed by atoms with Crippen LogP contribution in [0.5, 0.6) is 0 Å². The maximum atomic E-state index is 11.1. The number of carbonyl (C=O) groups is 1. The molecule has 5 nitrogen and oxygen atoms in total. The minimum Gasteiger partial charge on any atom is -0.477 e. The lowest BCUT2D eigenvalue weighted by atomic mass is 10.1. The van der Waals surface area contributed by atoms with Gasteiger partial charge < -0.3 is 5.11 Å². The molecule has 0 aliphatic carbocycles. The number of aryl methyl sites for hydroxylation is 2. The smallest absolute Gasteiger partial charge is 0.354 e. The van der Waals surface area contributed by atoms with E-state index in [2.05, 4.69) is 10.1 Å². The normalized spacial score (nSPS) is 9.76. The highest BCUT2D eigenvalue weighted by atomic mass is 35.5. The van der Waals surface area contributed by atoms with Crippen LogP contribution in [0.3, 0.4) is 0 Å². The fraction of sp³-hybridized carbons (Fsp3) is 0.182. The summed E-state index contributed by atoms with van der Waals surface area (Å²) in [6.07, 6.45) is 1.52. The summed E-state index contributed by atoms with van der Waals surface area (Å²) in [5.41, 5.74) is 2.17. The van der Waals surface area contributed by atoms with E-state index in [0.29, 0.717) is 11.3 Å². The fourth-order valence-corrected chi connectivity index (χ4v) is 1.57. The van der Waals surface area contributed by atoms with Crippen molar-refractivity contribution in [1.82, 2.24) is 14.8 Å². The zero-order valence-corrected chi connectivity index (χ0v) is 10.2. The molecule has 0 unspecified atom stereocenters. The van der Waals surface area contributed by atoms with Gasteiger partial charge in [0.25, 0.3) is 0 Å². The Morgan fingerprint density at radius 1 is 1.41 bits per heavy atom. The van der Waals surface area contributed by atoms with Gasteiger partial charge in [-0.05, 0) is 19.1 Å². The van der Waals surface area contributed by atoms with Crippen LogP contribution in [0.25, 0.3) is 11.3 Å². The number of pyridine rings is 1. The standard InChI is InChI=1S/C11H11N3O2.ClH/c1-7-4-3-5-9(13-7)8-6-12-14(2)10(8)11(15)16;/h3-6H,1-2H3,(H,15,16);1H. The van der Waals surface area contributed by atoms with E-state index in [1.807, 2.05) is 19.1 Å². The number of aromatic carboxylic acids is 1. The predicted octanol–water partition coefficient (Wildman–Crippen LogP) is 1.91. The lowest BCUT2D eigenvalue weighted by Crippen LogP contribution is -2.07. The Morgan fingerprint density at radius 3 is 2.71 bits per heavy atom. The van der Waals surface area contributed by atoms with Crippen LogP contribution >= 0.6 is 12.4 Å². The van der Waals surface area contributed by atoms with Crippen molar-refractivity contribution in [3.8, 4) is 11.3 Å². The molecule has 0 amide bonds. The molecule has 0 saturated carbocycles. The Labute approximate surface area is 105 Å². The topological polar surface area (TPSA) is 68.0 Å². The van der Waals surface area contributed by atoms with Crippen molar-refractivity contribution < 1.29 is 9.90 Å². The minimum atomic E-state index is -1.00.